The molecule has 156 valence electrons. The molecule has 0 spiro atoms. The number of anilines is 1. The fourth-order valence-electron chi connectivity index (χ4n) is 3.43. The summed E-state index contributed by atoms with van der Waals surface area (Å²) in [4.78, 5) is 29.6. The Morgan fingerprint density at radius 1 is 1.06 bits per heavy atom. The number of rotatable bonds is 5. The molecule has 1 aliphatic rings. The Hall–Kier alpha value is -4.14. The van der Waals surface area contributed by atoms with E-state index in [1.807, 2.05) is 30.3 Å². The van der Waals surface area contributed by atoms with E-state index in [0.29, 0.717) is 41.4 Å². The molecular formula is C22H19N5O4. The van der Waals surface area contributed by atoms with E-state index in [2.05, 4.69) is 15.4 Å². The van der Waals surface area contributed by atoms with Gasteiger partial charge < -0.3 is 14.8 Å². The molecule has 0 saturated heterocycles. The highest BCUT2D eigenvalue weighted by molar-refractivity contribution is 5.91. The van der Waals surface area contributed by atoms with Crippen molar-refractivity contribution in [2.75, 3.05) is 18.5 Å². The van der Waals surface area contributed by atoms with Gasteiger partial charge in [0.05, 0.1) is 18.2 Å². The Morgan fingerprint density at radius 3 is 2.71 bits per heavy atom. The molecule has 0 radical (unpaired) electrons. The third-order valence-corrected chi connectivity index (χ3v) is 4.96. The number of amides is 1. The molecule has 9 heteroatoms. The molecule has 0 saturated carbocycles. The summed E-state index contributed by atoms with van der Waals surface area (Å²) in [5.74, 6) is 1.04. The first kappa shape index (κ1) is 18.9. The van der Waals surface area contributed by atoms with E-state index in [4.69, 9.17) is 9.47 Å². The van der Waals surface area contributed by atoms with Gasteiger partial charge in [-0.05, 0) is 24.3 Å². The minimum Gasteiger partial charge on any atom is -0.486 e. The predicted octanol–water partition coefficient (Wildman–Crippen LogP) is 2.38. The van der Waals surface area contributed by atoms with Crippen molar-refractivity contribution in [2.45, 2.75) is 13.0 Å². The molecule has 1 N–H and O–H groups in total. The fourth-order valence-corrected chi connectivity index (χ4v) is 3.43. The quantitative estimate of drug-likeness (QED) is 0.535. The van der Waals surface area contributed by atoms with Gasteiger partial charge in [0.25, 0.3) is 5.56 Å². The lowest BCUT2D eigenvalue weighted by Gasteiger charge is -2.19. The second-order valence-electron chi connectivity index (χ2n) is 7.03. The van der Waals surface area contributed by atoms with Crippen LogP contribution in [0.1, 0.15) is 6.42 Å². The van der Waals surface area contributed by atoms with Crippen LogP contribution in [-0.2, 0) is 11.3 Å². The van der Waals surface area contributed by atoms with Crippen LogP contribution in [0, 0.1) is 0 Å². The Bertz CT molecular complexity index is 1310. The number of aromatic nitrogens is 4. The molecule has 3 heterocycles. The van der Waals surface area contributed by atoms with Crippen molar-refractivity contribution in [2.24, 2.45) is 0 Å². The van der Waals surface area contributed by atoms with E-state index in [0.717, 1.165) is 5.69 Å². The zero-order chi connectivity index (χ0) is 21.2. The number of nitrogens with one attached hydrogen (secondary N) is 1. The number of hydrogen-bond acceptors (Lipinski definition) is 6. The molecule has 31 heavy (non-hydrogen) atoms. The number of para-hydroxylation sites is 1. The van der Waals surface area contributed by atoms with Crippen LogP contribution in [0.15, 0.2) is 65.8 Å². The first-order valence-corrected chi connectivity index (χ1v) is 9.87. The van der Waals surface area contributed by atoms with Gasteiger partial charge in [0.2, 0.25) is 5.91 Å². The van der Waals surface area contributed by atoms with Gasteiger partial charge in [0.15, 0.2) is 17.1 Å². The molecule has 2 aromatic carbocycles. The number of ether oxygens (including phenoxy) is 2. The minimum absolute atomic E-state index is 0.119. The maximum absolute atomic E-state index is 12.8. The summed E-state index contributed by atoms with van der Waals surface area (Å²) in [6.07, 6.45) is 3.07. The second-order valence-corrected chi connectivity index (χ2v) is 7.03. The number of nitrogens with zero attached hydrogens (tertiary/aromatic N) is 4. The fraction of sp³-hybridized carbons (Fsp3) is 0.182. The molecule has 5 rings (SSSR count). The third kappa shape index (κ3) is 3.73. The summed E-state index contributed by atoms with van der Waals surface area (Å²) in [6, 6.07) is 14.7. The summed E-state index contributed by atoms with van der Waals surface area (Å²) in [6.45, 7) is 1.19. The van der Waals surface area contributed by atoms with Crippen molar-refractivity contribution in [3.63, 3.8) is 0 Å². The smallest absolute Gasteiger partial charge is 0.264 e. The van der Waals surface area contributed by atoms with Crippen molar-refractivity contribution in [3.8, 4) is 17.2 Å². The molecule has 0 atom stereocenters. The topological polar surface area (TPSA) is 100 Å². The molecular weight excluding hydrogens is 398 g/mol. The van der Waals surface area contributed by atoms with Crippen LogP contribution in [0.3, 0.4) is 0 Å². The Labute approximate surface area is 176 Å². The Kier molecular flexibility index (Phi) is 4.83. The zero-order valence-electron chi connectivity index (χ0n) is 16.5. The molecule has 2 aromatic heterocycles. The van der Waals surface area contributed by atoms with E-state index < -0.39 is 0 Å². The number of carbonyl (C=O) groups excluding carboxylic acids is 1. The first-order chi connectivity index (χ1) is 15.2. The largest absolute Gasteiger partial charge is 0.486 e. The minimum atomic E-state index is -0.237. The summed E-state index contributed by atoms with van der Waals surface area (Å²) in [7, 11) is 0. The van der Waals surface area contributed by atoms with E-state index >= 15 is 0 Å². The summed E-state index contributed by atoms with van der Waals surface area (Å²) >= 11 is 0. The molecule has 1 amide bonds. The van der Waals surface area contributed by atoms with E-state index in [9.17, 15) is 9.59 Å². The Balaban J connectivity index is 1.29. The first-order valence-electron chi connectivity index (χ1n) is 9.87. The van der Waals surface area contributed by atoms with Crippen LogP contribution < -0.4 is 20.3 Å². The predicted molar refractivity (Wildman–Crippen MR) is 114 cm³/mol. The number of fused-ring (bicyclic) bond motifs is 2. The highest BCUT2D eigenvalue weighted by Crippen LogP contribution is 2.32. The van der Waals surface area contributed by atoms with Crippen molar-refractivity contribution < 1.29 is 14.3 Å². The van der Waals surface area contributed by atoms with Gasteiger partial charge in [-0.25, -0.2) is 9.67 Å². The summed E-state index contributed by atoms with van der Waals surface area (Å²) in [5.41, 5.74) is 1.67. The number of carbonyl (C=O) groups is 1. The molecule has 0 fully saturated rings. The van der Waals surface area contributed by atoms with Crippen LogP contribution >= 0.6 is 0 Å². The van der Waals surface area contributed by atoms with Crippen LogP contribution in [0.25, 0.3) is 16.7 Å². The van der Waals surface area contributed by atoms with Gasteiger partial charge in [0, 0.05) is 24.7 Å². The van der Waals surface area contributed by atoms with Gasteiger partial charge in [-0.2, -0.15) is 5.10 Å². The maximum Gasteiger partial charge on any atom is 0.264 e. The average molecular weight is 417 g/mol. The van der Waals surface area contributed by atoms with Crippen molar-refractivity contribution >= 4 is 22.6 Å². The number of hydrogen-bond donors (Lipinski definition) is 1. The van der Waals surface area contributed by atoms with Crippen LogP contribution in [0.2, 0.25) is 0 Å². The molecule has 0 aliphatic carbocycles. The average Bonchev–Trinajstić information content (AvgIpc) is 3.24. The summed E-state index contributed by atoms with van der Waals surface area (Å²) < 4.78 is 14.0. The molecule has 9 nitrogen and oxygen atoms in total. The lowest BCUT2D eigenvalue weighted by atomic mass is 10.2. The molecule has 4 aromatic rings. The zero-order valence-corrected chi connectivity index (χ0v) is 16.5. The van der Waals surface area contributed by atoms with E-state index in [1.165, 1.54) is 17.1 Å². The maximum atomic E-state index is 12.8. The monoisotopic (exact) mass is 417 g/mol. The number of aryl methyl sites for hydroxylation is 1. The van der Waals surface area contributed by atoms with Crippen LogP contribution in [-0.4, -0.2) is 38.5 Å². The van der Waals surface area contributed by atoms with Crippen molar-refractivity contribution in [1.82, 2.24) is 19.3 Å². The highest BCUT2D eigenvalue weighted by atomic mass is 16.6. The molecule has 0 unspecified atom stereocenters. The number of benzene rings is 2. The van der Waals surface area contributed by atoms with Gasteiger partial charge in [-0.3, -0.25) is 14.2 Å². The SMILES string of the molecule is O=C(CCn1cnc2c(cnn2-c2ccccc2)c1=O)Nc1ccc2c(c1)OCCO2. The third-order valence-electron chi connectivity index (χ3n) is 4.96. The van der Waals surface area contributed by atoms with E-state index in [-0.39, 0.29) is 24.4 Å². The molecule has 1 aliphatic heterocycles. The van der Waals surface area contributed by atoms with Gasteiger partial charge in [0.1, 0.15) is 18.6 Å². The lowest BCUT2D eigenvalue weighted by molar-refractivity contribution is -0.116. The van der Waals surface area contributed by atoms with Crippen molar-refractivity contribution in [3.05, 3.63) is 71.4 Å². The second kappa shape index (κ2) is 7.94. The van der Waals surface area contributed by atoms with Gasteiger partial charge >= 0.3 is 0 Å². The summed E-state index contributed by atoms with van der Waals surface area (Å²) in [5, 5.41) is 7.51. The van der Waals surface area contributed by atoms with Gasteiger partial charge in [-0.15, -0.1) is 0 Å². The van der Waals surface area contributed by atoms with E-state index in [1.54, 1.807) is 22.9 Å². The van der Waals surface area contributed by atoms with Crippen molar-refractivity contribution in [1.29, 1.82) is 0 Å². The lowest BCUT2D eigenvalue weighted by Crippen LogP contribution is -2.23. The Morgan fingerprint density at radius 2 is 1.87 bits per heavy atom. The van der Waals surface area contributed by atoms with Crippen LogP contribution in [0.4, 0.5) is 5.69 Å². The highest BCUT2D eigenvalue weighted by Gasteiger charge is 2.14. The normalized spacial score (nSPS) is 12.6. The van der Waals surface area contributed by atoms with Crippen LogP contribution in [0.5, 0.6) is 11.5 Å². The standard InChI is InChI=1S/C22H19N5O4/c28-20(25-15-6-7-18-19(12-15)31-11-10-30-18)8-9-26-14-23-21-17(22(26)29)13-24-27(21)16-4-2-1-3-5-16/h1-7,12-14H,8-11H2,(H,25,28). The van der Waals surface area contributed by atoms with Gasteiger partial charge in [-0.1, -0.05) is 18.2 Å². The molecule has 0 bridgehead atoms.